The van der Waals surface area contributed by atoms with Crippen molar-refractivity contribution in [2.45, 2.75) is 39.2 Å². The van der Waals surface area contributed by atoms with E-state index >= 15 is 0 Å². The molecule has 1 aliphatic rings. The SMILES string of the molecule is CCCOc1ccccc1-c1nnc(NC2CCN(C(C)=O)CC2)o1. The molecule has 25 heavy (non-hydrogen) atoms. The van der Waals surface area contributed by atoms with Gasteiger partial charge in [-0.15, -0.1) is 5.10 Å². The largest absolute Gasteiger partial charge is 0.493 e. The molecule has 1 N–H and O–H groups in total. The van der Waals surface area contributed by atoms with Crippen LogP contribution in [0.3, 0.4) is 0 Å². The quantitative estimate of drug-likeness (QED) is 0.868. The van der Waals surface area contributed by atoms with E-state index in [1.54, 1.807) is 6.92 Å². The van der Waals surface area contributed by atoms with Crippen molar-refractivity contribution < 1.29 is 13.9 Å². The third-order valence-corrected chi connectivity index (χ3v) is 4.27. The maximum absolute atomic E-state index is 11.4. The van der Waals surface area contributed by atoms with Gasteiger partial charge in [0.15, 0.2) is 0 Å². The van der Waals surface area contributed by atoms with Crippen molar-refractivity contribution >= 4 is 11.9 Å². The zero-order chi connectivity index (χ0) is 17.6. The van der Waals surface area contributed by atoms with Crippen molar-refractivity contribution in [1.82, 2.24) is 15.1 Å². The summed E-state index contributed by atoms with van der Waals surface area (Å²) in [5.41, 5.74) is 0.794. The third kappa shape index (κ3) is 4.29. The highest BCUT2D eigenvalue weighted by Gasteiger charge is 2.22. The Kier molecular flexibility index (Phi) is 5.53. The summed E-state index contributed by atoms with van der Waals surface area (Å²) in [4.78, 5) is 13.2. The number of benzene rings is 1. The van der Waals surface area contributed by atoms with E-state index in [0.717, 1.165) is 43.7 Å². The van der Waals surface area contributed by atoms with Crippen LogP contribution in [0.25, 0.3) is 11.5 Å². The van der Waals surface area contributed by atoms with E-state index < -0.39 is 0 Å². The summed E-state index contributed by atoms with van der Waals surface area (Å²) in [7, 11) is 0. The Hall–Kier alpha value is -2.57. The lowest BCUT2D eigenvalue weighted by Gasteiger charge is -2.31. The molecule has 7 heteroatoms. The average molecular weight is 344 g/mol. The predicted octanol–water partition coefficient (Wildman–Crippen LogP) is 2.95. The molecular weight excluding hydrogens is 320 g/mol. The van der Waals surface area contributed by atoms with Crippen LogP contribution in [0.1, 0.15) is 33.1 Å². The number of carbonyl (C=O) groups excluding carboxylic acids is 1. The van der Waals surface area contributed by atoms with Crippen LogP contribution in [0.2, 0.25) is 0 Å². The van der Waals surface area contributed by atoms with Crippen molar-refractivity contribution in [3.05, 3.63) is 24.3 Å². The lowest BCUT2D eigenvalue weighted by Crippen LogP contribution is -2.41. The molecule has 0 atom stereocenters. The minimum atomic E-state index is 0.127. The Labute approximate surface area is 147 Å². The molecular formula is C18H24N4O3. The topological polar surface area (TPSA) is 80.5 Å². The summed E-state index contributed by atoms with van der Waals surface area (Å²) in [6.07, 6.45) is 2.67. The highest BCUT2D eigenvalue weighted by Crippen LogP contribution is 2.30. The van der Waals surface area contributed by atoms with E-state index in [1.807, 2.05) is 29.2 Å². The van der Waals surface area contributed by atoms with E-state index in [9.17, 15) is 4.79 Å². The van der Waals surface area contributed by atoms with E-state index in [0.29, 0.717) is 18.5 Å². The van der Waals surface area contributed by atoms with Crippen LogP contribution >= 0.6 is 0 Å². The number of carbonyl (C=O) groups is 1. The molecule has 3 rings (SSSR count). The number of aromatic nitrogens is 2. The second-order valence-corrected chi connectivity index (χ2v) is 6.18. The molecule has 1 saturated heterocycles. The fraction of sp³-hybridized carbons (Fsp3) is 0.500. The molecule has 1 amide bonds. The highest BCUT2D eigenvalue weighted by atomic mass is 16.5. The van der Waals surface area contributed by atoms with Gasteiger partial charge >= 0.3 is 6.01 Å². The zero-order valence-electron chi connectivity index (χ0n) is 14.7. The highest BCUT2D eigenvalue weighted by molar-refractivity contribution is 5.73. The molecule has 1 aromatic heterocycles. The lowest BCUT2D eigenvalue weighted by atomic mass is 10.1. The number of hydrogen-bond acceptors (Lipinski definition) is 6. The number of piperidine rings is 1. The number of amides is 1. The van der Waals surface area contributed by atoms with E-state index in [2.05, 4.69) is 22.4 Å². The van der Waals surface area contributed by atoms with Gasteiger partial charge in [0.25, 0.3) is 5.89 Å². The summed E-state index contributed by atoms with van der Waals surface area (Å²) < 4.78 is 11.5. The fourth-order valence-electron chi connectivity index (χ4n) is 2.88. The first-order valence-corrected chi connectivity index (χ1v) is 8.75. The van der Waals surface area contributed by atoms with Crippen LogP contribution in [-0.2, 0) is 4.79 Å². The van der Waals surface area contributed by atoms with Crippen LogP contribution in [-0.4, -0.2) is 46.7 Å². The van der Waals surface area contributed by atoms with Crippen molar-refractivity contribution in [2.24, 2.45) is 0 Å². The number of nitrogens with one attached hydrogen (secondary N) is 1. The first-order chi connectivity index (χ1) is 12.2. The first kappa shape index (κ1) is 17.3. The molecule has 1 fully saturated rings. The van der Waals surface area contributed by atoms with Crippen LogP contribution < -0.4 is 10.1 Å². The van der Waals surface area contributed by atoms with Gasteiger partial charge in [-0.1, -0.05) is 24.2 Å². The smallest absolute Gasteiger partial charge is 0.315 e. The Balaban J connectivity index is 1.64. The molecule has 0 bridgehead atoms. The standard InChI is InChI=1S/C18H24N4O3/c1-3-12-24-16-7-5-4-6-15(16)17-20-21-18(25-17)19-14-8-10-22(11-9-14)13(2)23/h4-7,14H,3,8-12H2,1-2H3,(H,19,21). The average Bonchev–Trinajstić information content (AvgIpc) is 3.09. The summed E-state index contributed by atoms with van der Waals surface area (Å²) in [5.74, 6) is 1.31. The molecule has 7 nitrogen and oxygen atoms in total. The normalized spacial score (nSPS) is 15.2. The van der Waals surface area contributed by atoms with Gasteiger partial charge in [0.1, 0.15) is 5.75 Å². The Morgan fingerprint density at radius 2 is 2.08 bits per heavy atom. The third-order valence-electron chi connectivity index (χ3n) is 4.27. The van der Waals surface area contributed by atoms with E-state index in [1.165, 1.54) is 0 Å². The van der Waals surface area contributed by atoms with Crippen molar-refractivity contribution in [3.8, 4) is 17.2 Å². The van der Waals surface area contributed by atoms with Gasteiger partial charge in [0.2, 0.25) is 5.91 Å². The second kappa shape index (κ2) is 8.00. The molecule has 0 unspecified atom stereocenters. The second-order valence-electron chi connectivity index (χ2n) is 6.18. The monoisotopic (exact) mass is 344 g/mol. The summed E-state index contributed by atoms with van der Waals surface area (Å²) in [6.45, 7) is 5.82. The maximum Gasteiger partial charge on any atom is 0.315 e. The number of hydrogen-bond donors (Lipinski definition) is 1. The Morgan fingerprint density at radius 3 is 2.80 bits per heavy atom. The molecule has 0 aliphatic carbocycles. The van der Waals surface area contributed by atoms with Gasteiger partial charge < -0.3 is 19.4 Å². The molecule has 0 radical (unpaired) electrons. The molecule has 0 saturated carbocycles. The summed E-state index contributed by atoms with van der Waals surface area (Å²) in [5, 5.41) is 11.5. The van der Waals surface area contributed by atoms with Crippen LogP contribution in [0, 0.1) is 0 Å². The summed E-state index contributed by atoms with van der Waals surface area (Å²) in [6, 6.07) is 8.29. The molecule has 0 spiro atoms. The molecule has 2 heterocycles. The van der Waals surface area contributed by atoms with Gasteiger partial charge in [0, 0.05) is 26.1 Å². The van der Waals surface area contributed by atoms with Crippen LogP contribution in [0.15, 0.2) is 28.7 Å². The minimum Gasteiger partial charge on any atom is -0.493 e. The van der Waals surface area contributed by atoms with Gasteiger partial charge in [-0.25, -0.2) is 0 Å². The fourth-order valence-corrected chi connectivity index (χ4v) is 2.88. The molecule has 134 valence electrons. The van der Waals surface area contributed by atoms with Crippen LogP contribution in [0.5, 0.6) is 5.75 Å². The maximum atomic E-state index is 11.4. The van der Waals surface area contributed by atoms with Crippen LogP contribution in [0.4, 0.5) is 6.01 Å². The molecule has 2 aromatic rings. The summed E-state index contributed by atoms with van der Waals surface area (Å²) >= 11 is 0. The zero-order valence-corrected chi connectivity index (χ0v) is 14.7. The van der Waals surface area contributed by atoms with E-state index in [-0.39, 0.29) is 11.9 Å². The van der Waals surface area contributed by atoms with Crippen molar-refractivity contribution in [2.75, 3.05) is 25.0 Å². The number of rotatable bonds is 6. The molecule has 1 aromatic carbocycles. The number of anilines is 1. The van der Waals surface area contributed by atoms with Crippen molar-refractivity contribution in [3.63, 3.8) is 0 Å². The van der Waals surface area contributed by atoms with Gasteiger partial charge in [-0.3, -0.25) is 4.79 Å². The van der Waals surface area contributed by atoms with Gasteiger partial charge in [-0.05, 0) is 31.4 Å². The number of nitrogens with zero attached hydrogens (tertiary/aromatic N) is 3. The number of likely N-dealkylation sites (tertiary alicyclic amines) is 1. The number of ether oxygens (including phenoxy) is 1. The van der Waals surface area contributed by atoms with Gasteiger partial charge in [-0.2, -0.15) is 0 Å². The number of para-hydroxylation sites is 1. The van der Waals surface area contributed by atoms with Gasteiger partial charge in [0.05, 0.1) is 12.2 Å². The molecule has 1 aliphatic heterocycles. The lowest BCUT2D eigenvalue weighted by molar-refractivity contribution is -0.129. The minimum absolute atomic E-state index is 0.127. The predicted molar refractivity (Wildman–Crippen MR) is 94.4 cm³/mol. The van der Waals surface area contributed by atoms with Crippen molar-refractivity contribution in [1.29, 1.82) is 0 Å². The Bertz CT molecular complexity index is 708. The first-order valence-electron chi connectivity index (χ1n) is 8.75. The van der Waals surface area contributed by atoms with E-state index in [4.69, 9.17) is 9.15 Å². The Morgan fingerprint density at radius 1 is 1.32 bits per heavy atom.